The Kier molecular flexibility index (Phi) is 2.92. The molecule has 1 aromatic rings. The molecule has 3 rings (SSSR count). The summed E-state index contributed by atoms with van der Waals surface area (Å²) in [5, 5.41) is 0. The molecule has 0 saturated carbocycles. The normalized spacial score (nSPS) is 24.7. The molecule has 1 amide bonds. The van der Waals surface area contributed by atoms with Crippen LogP contribution in [0, 0.1) is 0 Å². The van der Waals surface area contributed by atoms with E-state index in [4.69, 9.17) is 9.47 Å². The fourth-order valence-corrected chi connectivity index (χ4v) is 2.82. The Hall–Kier alpha value is -2.04. The highest BCUT2D eigenvalue weighted by atomic mass is 16.6. The molecule has 0 bridgehead atoms. The van der Waals surface area contributed by atoms with Crippen LogP contribution in [0.1, 0.15) is 31.9 Å². The average molecular weight is 275 g/mol. The highest BCUT2D eigenvalue weighted by Crippen LogP contribution is 2.37. The van der Waals surface area contributed by atoms with E-state index in [9.17, 15) is 9.59 Å². The first kappa shape index (κ1) is 13.0. The fraction of sp³-hybridized carbons (Fsp3) is 0.467. The highest BCUT2D eigenvalue weighted by Gasteiger charge is 2.43. The number of amides is 1. The van der Waals surface area contributed by atoms with Crippen LogP contribution in [-0.2, 0) is 14.3 Å². The number of benzene rings is 1. The van der Waals surface area contributed by atoms with Crippen LogP contribution in [0.15, 0.2) is 24.3 Å². The molecule has 5 nitrogen and oxygen atoms in total. The van der Waals surface area contributed by atoms with Gasteiger partial charge in [-0.15, -0.1) is 0 Å². The van der Waals surface area contributed by atoms with E-state index < -0.39 is 17.5 Å². The van der Waals surface area contributed by atoms with Crippen molar-refractivity contribution in [1.29, 1.82) is 0 Å². The van der Waals surface area contributed by atoms with E-state index >= 15 is 0 Å². The van der Waals surface area contributed by atoms with Crippen LogP contribution in [-0.4, -0.2) is 35.5 Å². The summed E-state index contributed by atoms with van der Waals surface area (Å²) in [5.41, 5.74) is 0.302. The first-order chi connectivity index (χ1) is 9.48. The van der Waals surface area contributed by atoms with Gasteiger partial charge in [-0.05, 0) is 19.9 Å². The topological polar surface area (TPSA) is 55.8 Å². The maximum Gasteiger partial charge on any atom is 0.397 e. The second-order valence-corrected chi connectivity index (χ2v) is 5.77. The second-order valence-electron chi connectivity index (χ2n) is 5.77. The number of carbonyl (C=O) groups excluding carboxylic acids is 2. The molecular formula is C15H17NO4. The van der Waals surface area contributed by atoms with E-state index in [0.29, 0.717) is 19.6 Å². The SMILES string of the molecule is CC1(C)CN(C2CCOc3ccccc32)C(=O)C(=O)O1. The third-order valence-corrected chi connectivity index (χ3v) is 3.66. The minimum atomic E-state index is -0.773. The van der Waals surface area contributed by atoms with Gasteiger partial charge < -0.3 is 14.4 Å². The molecule has 106 valence electrons. The molecule has 2 heterocycles. The van der Waals surface area contributed by atoms with Crippen molar-refractivity contribution >= 4 is 11.9 Å². The Labute approximate surface area is 117 Å². The Morgan fingerprint density at radius 3 is 2.80 bits per heavy atom. The van der Waals surface area contributed by atoms with Gasteiger partial charge in [-0.3, -0.25) is 4.79 Å². The predicted molar refractivity (Wildman–Crippen MR) is 71.2 cm³/mol. The molecule has 0 aromatic heterocycles. The minimum Gasteiger partial charge on any atom is -0.493 e. The van der Waals surface area contributed by atoms with Crippen LogP contribution in [0.5, 0.6) is 5.75 Å². The maximum atomic E-state index is 12.1. The lowest BCUT2D eigenvalue weighted by Gasteiger charge is -2.42. The zero-order valence-corrected chi connectivity index (χ0v) is 11.6. The zero-order chi connectivity index (χ0) is 14.3. The molecule has 1 saturated heterocycles. The Balaban J connectivity index is 1.96. The van der Waals surface area contributed by atoms with E-state index in [-0.39, 0.29) is 6.04 Å². The largest absolute Gasteiger partial charge is 0.493 e. The second kappa shape index (κ2) is 4.51. The van der Waals surface area contributed by atoms with Crippen molar-refractivity contribution in [2.45, 2.75) is 31.9 Å². The molecule has 20 heavy (non-hydrogen) atoms. The average Bonchev–Trinajstić information content (AvgIpc) is 2.42. The summed E-state index contributed by atoms with van der Waals surface area (Å²) >= 11 is 0. The number of nitrogens with zero attached hydrogens (tertiary/aromatic N) is 1. The van der Waals surface area contributed by atoms with Crippen molar-refractivity contribution in [2.75, 3.05) is 13.2 Å². The van der Waals surface area contributed by atoms with E-state index in [1.165, 1.54) is 0 Å². The molecule has 5 heteroatoms. The molecule has 1 unspecified atom stereocenters. The number of fused-ring (bicyclic) bond motifs is 1. The fourth-order valence-electron chi connectivity index (χ4n) is 2.82. The van der Waals surface area contributed by atoms with Gasteiger partial charge in [0.2, 0.25) is 0 Å². The van der Waals surface area contributed by atoms with Crippen LogP contribution in [0.2, 0.25) is 0 Å². The summed E-state index contributed by atoms with van der Waals surface area (Å²) in [6.07, 6.45) is 0.687. The number of esters is 1. The van der Waals surface area contributed by atoms with E-state index in [2.05, 4.69) is 0 Å². The van der Waals surface area contributed by atoms with Gasteiger partial charge in [-0.25, -0.2) is 4.79 Å². The highest BCUT2D eigenvalue weighted by molar-refractivity contribution is 6.33. The standard InChI is InChI=1S/C15H17NO4/c1-15(2)9-16(13(17)14(18)20-15)11-7-8-19-12-6-4-3-5-10(11)12/h3-6,11H,7-9H2,1-2H3. The molecule has 0 N–H and O–H groups in total. The van der Waals surface area contributed by atoms with E-state index in [0.717, 1.165) is 11.3 Å². The number of ether oxygens (including phenoxy) is 2. The number of hydrogen-bond donors (Lipinski definition) is 0. The van der Waals surface area contributed by atoms with E-state index in [1.54, 1.807) is 4.90 Å². The molecule has 1 atom stereocenters. The van der Waals surface area contributed by atoms with Crippen molar-refractivity contribution in [3.05, 3.63) is 29.8 Å². The first-order valence-corrected chi connectivity index (χ1v) is 6.74. The number of carbonyl (C=O) groups is 2. The number of rotatable bonds is 1. The summed E-state index contributed by atoms with van der Waals surface area (Å²) in [4.78, 5) is 25.5. The van der Waals surface area contributed by atoms with E-state index in [1.807, 2.05) is 38.1 Å². The van der Waals surface area contributed by atoms with Gasteiger partial charge in [0.1, 0.15) is 11.4 Å². The minimum absolute atomic E-state index is 0.125. The Morgan fingerprint density at radius 2 is 2.00 bits per heavy atom. The molecule has 0 aliphatic carbocycles. The van der Waals surface area contributed by atoms with Crippen molar-refractivity contribution in [3.63, 3.8) is 0 Å². The number of para-hydroxylation sites is 1. The summed E-state index contributed by atoms with van der Waals surface area (Å²) in [6.45, 7) is 4.57. The molecule has 0 radical (unpaired) electrons. The van der Waals surface area contributed by atoms with Crippen molar-refractivity contribution in [2.24, 2.45) is 0 Å². The van der Waals surface area contributed by atoms with Gasteiger partial charge in [0, 0.05) is 12.0 Å². The summed E-state index contributed by atoms with van der Waals surface area (Å²) in [6, 6.07) is 7.52. The Bertz CT molecular complexity index is 567. The summed E-state index contributed by atoms with van der Waals surface area (Å²) < 4.78 is 10.7. The third kappa shape index (κ3) is 2.13. The number of morpholine rings is 1. The van der Waals surface area contributed by atoms with Crippen LogP contribution < -0.4 is 4.74 Å². The molecule has 0 spiro atoms. The van der Waals surface area contributed by atoms with Gasteiger partial charge >= 0.3 is 11.9 Å². The van der Waals surface area contributed by atoms with Crippen LogP contribution >= 0.6 is 0 Å². The summed E-state index contributed by atoms with van der Waals surface area (Å²) in [7, 11) is 0. The van der Waals surface area contributed by atoms with Gasteiger partial charge in [-0.2, -0.15) is 0 Å². The van der Waals surface area contributed by atoms with Crippen LogP contribution in [0.25, 0.3) is 0 Å². The van der Waals surface area contributed by atoms with Crippen LogP contribution in [0.4, 0.5) is 0 Å². The van der Waals surface area contributed by atoms with Gasteiger partial charge in [0.25, 0.3) is 0 Å². The number of cyclic esters (lactones) is 1. The van der Waals surface area contributed by atoms with Crippen LogP contribution in [0.3, 0.4) is 0 Å². The lowest BCUT2D eigenvalue weighted by atomic mass is 9.96. The van der Waals surface area contributed by atoms with Crippen molar-refractivity contribution < 1.29 is 19.1 Å². The lowest BCUT2D eigenvalue weighted by Crippen LogP contribution is -2.55. The van der Waals surface area contributed by atoms with Crippen molar-refractivity contribution in [1.82, 2.24) is 4.90 Å². The molecular weight excluding hydrogens is 258 g/mol. The van der Waals surface area contributed by atoms with Gasteiger partial charge in [-0.1, -0.05) is 18.2 Å². The monoisotopic (exact) mass is 275 g/mol. The van der Waals surface area contributed by atoms with Gasteiger partial charge in [0.05, 0.1) is 19.2 Å². The molecule has 1 aromatic carbocycles. The zero-order valence-electron chi connectivity index (χ0n) is 11.6. The molecule has 1 fully saturated rings. The lowest BCUT2D eigenvalue weighted by molar-refractivity contribution is -0.183. The summed E-state index contributed by atoms with van der Waals surface area (Å²) in [5.74, 6) is -0.551. The molecule has 2 aliphatic heterocycles. The predicted octanol–water partition coefficient (Wildman–Crippen LogP) is 1.67. The smallest absolute Gasteiger partial charge is 0.397 e. The third-order valence-electron chi connectivity index (χ3n) is 3.66. The van der Waals surface area contributed by atoms with Gasteiger partial charge in [0.15, 0.2) is 0 Å². The molecule has 2 aliphatic rings. The first-order valence-electron chi connectivity index (χ1n) is 6.74. The number of hydrogen-bond acceptors (Lipinski definition) is 4. The Morgan fingerprint density at radius 1 is 1.25 bits per heavy atom. The quantitative estimate of drug-likeness (QED) is 0.578. The maximum absolute atomic E-state index is 12.1. The van der Waals surface area contributed by atoms with Crippen molar-refractivity contribution in [3.8, 4) is 5.75 Å².